The smallest absolute Gasteiger partial charge is 0.193 e. The molecule has 0 aliphatic heterocycles. The molecule has 0 saturated heterocycles. The van der Waals surface area contributed by atoms with E-state index in [-0.39, 0.29) is 5.82 Å². The fraction of sp³-hybridized carbons (Fsp3) is 0.278. The van der Waals surface area contributed by atoms with Gasteiger partial charge in [-0.2, -0.15) is 0 Å². The molecule has 0 aromatic heterocycles. The Hall–Kier alpha value is -2.60. The quantitative estimate of drug-likeness (QED) is 0.631. The molecular formula is C18H23FN4O. The molecule has 0 spiro atoms. The summed E-state index contributed by atoms with van der Waals surface area (Å²) in [5, 5.41) is 3.01. The third kappa shape index (κ3) is 5.24. The fourth-order valence-corrected chi connectivity index (χ4v) is 2.23. The zero-order chi connectivity index (χ0) is 17.5. The molecule has 128 valence electrons. The van der Waals surface area contributed by atoms with Crippen LogP contribution in [0.5, 0.6) is 5.75 Å². The number of ether oxygens (including phenoxy) is 1. The van der Waals surface area contributed by atoms with Crippen molar-refractivity contribution in [2.45, 2.75) is 13.1 Å². The highest BCUT2D eigenvalue weighted by atomic mass is 19.1. The van der Waals surface area contributed by atoms with E-state index in [0.717, 1.165) is 17.0 Å². The summed E-state index contributed by atoms with van der Waals surface area (Å²) in [7, 11) is 5.42. The average molecular weight is 330 g/mol. The van der Waals surface area contributed by atoms with Gasteiger partial charge in [0, 0.05) is 17.8 Å². The van der Waals surface area contributed by atoms with Crippen molar-refractivity contribution in [1.29, 1.82) is 0 Å². The van der Waals surface area contributed by atoms with Gasteiger partial charge in [-0.15, -0.1) is 0 Å². The number of benzene rings is 2. The lowest BCUT2D eigenvalue weighted by Crippen LogP contribution is -2.22. The number of rotatable bonds is 6. The number of halogens is 1. The molecule has 0 heterocycles. The first kappa shape index (κ1) is 17.7. The van der Waals surface area contributed by atoms with Crippen LogP contribution in [-0.4, -0.2) is 32.1 Å². The van der Waals surface area contributed by atoms with Gasteiger partial charge >= 0.3 is 0 Å². The van der Waals surface area contributed by atoms with E-state index in [1.807, 2.05) is 49.3 Å². The summed E-state index contributed by atoms with van der Waals surface area (Å²) < 4.78 is 18.9. The summed E-state index contributed by atoms with van der Waals surface area (Å²) in [4.78, 5) is 6.22. The van der Waals surface area contributed by atoms with Crippen LogP contribution in [0.2, 0.25) is 0 Å². The minimum absolute atomic E-state index is 0.208. The Morgan fingerprint density at radius 3 is 2.54 bits per heavy atom. The molecule has 0 unspecified atom stereocenters. The molecule has 2 aromatic rings. The highest BCUT2D eigenvalue weighted by Crippen LogP contribution is 2.15. The van der Waals surface area contributed by atoms with E-state index in [2.05, 4.69) is 10.3 Å². The maximum Gasteiger partial charge on any atom is 0.193 e. The highest BCUT2D eigenvalue weighted by Gasteiger charge is 2.05. The standard InChI is InChI=1S/C18H23FN4O/c1-23(2)12-14-10-13(4-9-17(14)19)11-21-18(20)22-15-5-7-16(24-3)8-6-15/h4-10H,11-12H2,1-3H3,(H3,20,21,22). The molecular weight excluding hydrogens is 307 g/mol. The molecule has 2 aromatic carbocycles. The van der Waals surface area contributed by atoms with Crippen molar-refractivity contribution in [3.63, 3.8) is 0 Å². The molecule has 0 radical (unpaired) electrons. The van der Waals surface area contributed by atoms with Crippen LogP contribution in [0.3, 0.4) is 0 Å². The number of aliphatic imine (C=N–C) groups is 1. The summed E-state index contributed by atoms with van der Waals surface area (Å²) in [5.74, 6) is 0.871. The number of nitrogens with zero attached hydrogens (tertiary/aromatic N) is 2. The SMILES string of the molecule is COc1ccc(NC(N)=NCc2ccc(F)c(CN(C)C)c2)cc1. The van der Waals surface area contributed by atoms with Crippen LogP contribution in [0.1, 0.15) is 11.1 Å². The molecule has 5 nitrogen and oxygen atoms in total. The second-order valence-corrected chi connectivity index (χ2v) is 5.72. The van der Waals surface area contributed by atoms with E-state index in [4.69, 9.17) is 10.5 Å². The molecule has 0 saturated carbocycles. The first-order valence-electron chi connectivity index (χ1n) is 7.61. The Bertz CT molecular complexity index is 699. The van der Waals surface area contributed by atoms with Crippen LogP contribution < -0.4 is 15.8 Å². The predicted molar refractivity (Wildman–Crippen MR) is 95.7 cm³/mol. The number of nitrogens with two attached hydrogens (primary N) is 1. The van der Waals surface area contributed by atoms with Crippen molar-refractivity contribution in [2.24, 2.45) is 10.7 Å². The number of hydrogen-bond donors (Lipinski definition) is 2. The topological polar surface area (TPSA) is 62.9 Å². The van der Waals surface area contributed by atoms with Crippen LogP contribution in [0, 0.1) is 5.82 Å². The molecule has 0 amide bonds. The summed E-state index contributed by atoms with van der Waals surface area (Å²) >= 11 is 0. The number of guanidine groups is 1. The van der Waals surface area contributed by atoms with Gasteiger partial charge in [0.2, 0.25) is 0 Å². The Morgan fingerprint density at radius 1 is 1.21 bits per heavy atom. The zero-order valence-corrected chi connectivity index (χ0v) is 14.2. The Kier molecular flexibility index (Phi) is 6.14. The van der Waals surface area contributed by atoms with Gasteiger partial charge in [-0.05, 0) is 56.1 Å². The van der Waals surface area contributed by atoms with Crippen molar-refractivity contribution in [2.75, 3.05) is 26.5 Å². The Balaban J connectivity index is 2.00. The third-order valence-corrected chi connectivity index (χ3v) is 3.39. The highest BCUT2D eigenvalue weighted by molar-refractivity contribution is 5.92. The van der Waals surface area contributed by atoms with Crippen molar-refractivity contribution >= 4 is 11.6 Å². The summed E-state index contributed by atoms with van der Waals surface area (Å²) in [6, 6.07) is 12.4. The van der Waals surface area contributed by atoms with E-state index >= 15 is 0 Å². The molecule has 0 bridgehead atoms. The lowest BCUT2D eigenvalue weighted by Gasteiger charge is -2.11. The van der Waals surface area contributed by atoms with E-state index in [1.54, 1.807) is 13.2 Å². The molecule has 0 fully saturated rings. The molecule has 0 aliphatic carbocycles. The van der Waals surface area contributed by atoms with Crippen molar-refractivity contribution in [3.8, 4) is 5.75 Å². The summed E-state index contributed by atoms with van der Waals surface area (Å²) in [5.41, 5.74) is 8.28. The minimum atomic E-state index is -0.208. The van der Waals surface area contributed by atoms with Gasteiger partial charge in [0.1, 0.15) is 11.6 Å². The minimum Gasteiger partial charge on any atom is -0.497 e. The van der Waals surface area contributed by atoms with Gasteiger partial charge in [-0.3, -0.25) is 0 Å². The largest absolute Gasteiger partial charge is 0.497 e. The van der Waals surface area contributed by atoms with E-state index in [9.17, 15) is 4.39 Å². The fourth-order valence-electron chi connectivity index (χ4n) is 2.23. The average Bonchev–Trinajstić information content (AvgIpc) is 2.56. The van der Waals surface area contributed by atoms with E-state index < -0.39 is 0 Å². The number of anilines is 1. The predicted octanol–water partition coefficient (Wildman–Crippen LogP) is 2.82. The van der Waals surface area contributed by atoms with Crippen LogP contribution in [0.4, 0.5) is 10.1 Å². The number of nitrogens with one attached hydrogen (secondary N) is 1. The van der Waals surface area contributed by atoms with Crippen LogP contribution in [-0.2, 0) is 13.1 Å². The second kappa shape index (κ2) is 8.31. The maximum atomic E-state index is 13.8. The van der Waals surface area contributed by atoms with Crippen LogP contribution in [0.15, 0.2) is 47.5 Å². The van der Waals surface area contributed by atoms with Gasteiger partial charge in [-0.25, -0.2) is 9.38 Å². The number of methoxy groups -OCH3 is 1. The van der Waals surface area contributed by atoms with Gasteiger partial charge < -0.3 is 20.7 Å². The first-order chi connectivity index (χ1) is 11.5. The maximum absolute atomic E-state index is 13.8. The lowest BCUT2D eigenvalue weighted by atomic mass is 10.1. The van der Waals surface area contributed by atoms with Crippen molar-refractivity contribution in [3.05, 3.63) is 59.4 Å². The van der Waals surface area contributed by atoms with Crippen LogP contribution >= 0.6 is 0 Å². The van der Waals surface area contributed by atoms with Crippen molar-refractivity contribution in [1.82, 2.24) is 4.90 Å². The van der Waals surface area contributed by atoms with Crippen LogP contribution in [0.25, 0.3) is 0 Å². The molecule has 3 N–H and O–H groups in total. The van der Waals surface area contributed by atoms with Gasteiger partial charge in [0.25, 0.3) is 0 Å². The van der Waals surface area contributed by atoms with Crippen molar-refractivity contribution < 1.29 is 9.13 Å². The third-order valence-electron chi connectivity index (χ3n) is 3.39. The monoisotopic (exact) mass is 330 g/mol. The second-order valence-electron chi connectivity index (χ2n) is 5.72. The number of hydrogen-bond acceptors (Lipinski definition) is 3. The molecule has 2 rings (SSSR count). The Morgan fingerprint density at radius 2 is 1.92 bits per heavy atom. The van der Waals surface area contributed by atoms with Gasteiger partial charge in [0.05, 0.1) is 13.7 Å². The molecule has 0 atom stereocenters. The molecule has 6 heteroatoms. The zero-order valence-electron chi connectivity index (χ0n) is 14.2. The van der Waals surface area contributed by atoms with E-state index in [1.165, 1.54) is 6.07 Å². The Labute approximate surface area is 142 Å². The van der Waals surface area contributed by atoms with Gasteiger partial charge in [-0.1, -0.05) is 6.07 Å². The summed E-state index contributed by atoms with van der Waals surface area (Å²) in [6.07, 6.45) is 0. The lowest BCUT2D eigenvalue weighted by molar-refractivity contribution is 0.392. The normalized spacial score (nSPS) is 11.6. The first-order valence-corrected chi connectivity index (χ1v) is 7.61. The molecule has 24 heavy (non-hydrogen) atoms. The summed E-state index contributed by atoms with van der Waals surface area (Å²) in [6.45, 7) is 0.929. The molecule has 0 aliphatic rings. The van der Waals surface area contributed by atoms with Gasteiger partial charge in [0.15, 0.2) is 5.96 Å². The van der Waals surface area contributed by atoms with E-state index in [0.29, 0.717) is 24.6 Å².